The van der Waals surface area contributed by atoms with E-state index in [-0.39, 0.29) is 11.6 Å². The first-order valence-corrected chi connectivity index (χ1v) is 8.09. The molecule has 0 aliphatic rings. The average molecular weight is 352 g/mol. The van der Waals surface area contributed by atoms with Crippen molar-refractivity contribution in [1.29, 1.82) is 0 Å². The third-order valence-corrected chi connectivity index (χ3v) is 4.18. The normalized spacial score (nSPS) is 10.5. The summed E-state index contributed by atoms with van der Waals surface area (Å²) in [5.41, 5.74) is 3.82. The van der Waals surface area contributed by atoms with Gasteiger partial charge in [-0.1, -0.05) is 11.2 Å². The Morgan fingerprint density at radius 3 is 2.50 bits per heavy atom. The van der Waals surface area contributed by atoms with Gasteiger partial charge in [-0.3, -0.25) is 4.79 Å². The van der Waals surface area contributed by atoms with Crippen molar-refractivity contribution in [2.24, 2.45) is 0 Å². The number of hydrogen-bond acceptors (Lipinski definition) is 5. The highest BCUT2D eigenvalue weighted by molar-refractivity contribution is 6.03. The fraction of sp³-hybridized carbons (Fsp3) is 0.200. The zero-order valence-electron chi connectivity index (χ0n) is 15.1. The van der Waals surface area contributed by atoms with Crippen LogP contribution in [0.2, 0.25) is 0 Å². The number of nitrogens with one attached hydrogen (secondary N) is 1. The SMILES string of the molecule is COc1ccc(OC)c(-c2cc(C(=O)Nc3ccc(C)c(C)c3)no2)c1. The van der Waals surface area contributed by atoms with Gasteiger partial charge in [0, 0.05) is 11.8 Å². The lowest BCUT2D eigenvalue weighted by Crippen LogP contribution is -2.12. The third kappa shape index (κ3) is 3.54. The molecule has 6 heteroatoms. The minimum Gasteiger partial charge on any atom is -0.497 e. The highest BCUT2D eigenvalue weighted by Crippen LogP contribution is 2.33. The first-order chi connectivity index (χ1) is 12.5. The molecule has 3 rings (SSSR count). The number of anilines is 1. The fourth-order valence-corrected chi connectivity index (χ4v) is 2.53. The number of benzene rings is 2. The van der Waals surface area contributed by atoms with Crippen LogP contribution >= 0.6 is 0 Å². The molecule has 1 aromatic heterocycles. The van der Waals surface area contributed by atoms with Gasteiger partial charge in [0.2, 0.25) is 0 Å². The molecule has 0 spiro atoms. The van der Waals surface area contributed by atoms with Crippen LogP contribution in [0.15, 0.2) is 47.0 Å². The van der Waals surface area contributed by atoms with E-state index in [0.717, 1.165) is 11.1 Å². The molecule has 134 valence electrons. The summed E-state index contributed by atoms with van der Waals surface area (Å²) in [5, 5.41) is 6.70. The van der Waals surface area contributed by atoms with E-state index >= 15 is 0 Å². The van der Waals surface area contributed by atoms with Gasteiger partial charge in [0.15, 0.2) is 11.5 Å². The Bertz CT molecular complexity index is 947. The van der Waals surface area contributed by atoms with Gasteiger partial charge in [0.25, 0.3) is 5.91 Å². The summed E-state index contributed by atoms with van der Waals surface area (Å²) in [7, 11) is 3.14. The zero-order chi connectivity index (χ0) is 18.7. The van der Waals surface area contributed by atoms with Gasteiger partial charge in [0.1, 0.15) is 11.5 Å². The maximum atomic E-state index is 12.4. The highest BCUT2D eigenvalue weighted by Gasteiger charge is 2.17. The molecule has 0 radical (unpaired) electrons. The van der Waals surface area contributed by atoms with Crippen LogP contribution in [0.3, 0.4) is 0 Å². The Morgan fingerprint density at radius 1 is 1.00 bits per heavy atom. The predicted molar refractivity (Wildman–Crippen MR) is 98.9 cm³/mol. The molecule has 0 unspecified atom stereocenters. The van der Waals surface area contributed by atoms with Crippen LogP contribution in [0.4, 0.5) is 5.69 Å². The summed E-state index contributed by atoms with van der Waals surface area (Å²) < 4.78 is 15.9. The van der Waals surface area contributed by atoms with E-state index in [2.05, 4.69) is 10.5 Å². The van der Waals surface area contributed by atoms with Crippen LogP contribution in [0.1, 0.15) is 21.6 Å². The van der Waals surface area contributed by atoms with E-state index in [0.29, 0.717) is 28.5 Å². The molecule has 0 fully saturated rings. The van der Waals surface area contributed by atoms with E-state index in [1.165, 1.54) is 0 Å². The van der Waals surface area contributed by atoms with Gasteiger partial charge in [0.05, 0.1) is 19.8 Å². The van der Waals surface area contributed by atoms with Crippen molar-refractivity contribution in [3.8, 4) is 22.8 Å². The summed E-state index contributed by atoms with van der Waals surface area (Å²) >= 11 is 0. The summed E-state index contributed by atoms with van der Waals surface area (Å²) in [6.07, 6.45) is 0. The van der Waals surface area contributed by atoms with E-state index in [1.54, 1.807) is 38.5 Å². The molecule has 1 heterocycles. The van der Waals surface area contributed by atoms with Gasteiger partial charge in [-0.15, -0.1) is 0 Å². The highest BCUT2D eigenvalue weighted by atomic mass is 16.5. The molecule has 0 atom stereocenters. The largest absolute Gasteiger partial charge is 0.497 e. The number of aromatic nitrogens is 1. The minimum absolute atomic E-state index is 0.183. The third-order valence-electron chi connectivity index (χ3n) is 4.18. The maximum Gasteiger partial charge on any atom is 0.277 e. The number of methoxy groups -OCH3 is 2. The molecule has 0 saturated heterocycles. The monoisotopic (exact) mass is 352 g/mol. The standard InChI is InChI=1S/C20H20N2O4/c1-12-5-6-14(9-13(12)2)21-20(23)17-11-19(26-22-17)16-10-15(24-3)7-8-18(16)25-4/h5-11H,1-4H3,(H,21,23). The number of ether oxygens (including phenoxy) is 2. The number of carbonyl (C=O) groups excluding carboxylic acids is 1. The fourth-order valence-electron chi connectivity index (χ4n) is 2.53. The maximum absolute atomic E-state index is 12.4. The topological polar surface area (TPSA) is 73.6 Å². The molecular weight excluding hydrogens is 332 g/mol. The Balaban J connectivity index is 1.85. The lowest BCUT2D eigenvalue weighted by molar-refractivity contribution is 0.101. The van der Waals surface area contributed by atoms with E-state index in [4.69, 9.17) is 14.0 Å². The lowest BCUT2D eigenvalue weighted by atomic mass is 10.1. The van der Waals surface area contributed by atoms with Gasteiger partial charge >= 0.3 is 0 Å². The molecule has 2 aromatic carbocycles. The van der Waals surface area contributed by atoms with Crippen molar-refractivity contribution in [1.82, 2.24) is 5.16 Å². The van der Waals surface area contributed by atoms with E-state index in [1.807, 2.05) is 32.0 Å². The Kier molecular flexibility index (Phi) is 4.93. The summed E-state index contributed by atoms with van der Waals surface area (Å²) in [6, 6.07) is 12.6. The second-order valence-corrected chi connectivity index (χ2v) is 5.90. The first-order valence-electron chi connectivity index (χ1n) is 8.09. The van der Waals surface area contributed by atoms with Gasteiger partial charge in [-0.2, -0.15) is 0 Å². The number of amides is 1. The molecular formula is C20H20N2O4. The van der Waals surface area contributed by atoms with Crippen molar-refractivity contribution in [2.75, 3.05) is 19.5 Å². The summed E-state index contributed by atoms with van der Waals surface area (Å²) in [5.74, 6) is 1.33. The lowest BCUT2D eigenvalue weighted by Gasteiger charge is -2.07. The minimum atomic E-state index is -0.342. The number of hydrogen-bond donors (Lipinski definition) is 1. The Hall–Kier alpha value is -3.28. The second kappa shape index (κ2) is 7.31. The van der Waals surface area contributed by atoms with Crippen LogP contribution in [-0.2, 0) is 0 Å². The number of nitrogens with zero attached hydrogens (tertiary/aromatic N) is 1. The van der Waals surface area contributed by atoms with Crippen molar-refractivity contribution in [3.05, 3.63) is 59.3 Å². The average Bonchev–Trinajstić information content (AvgIpc) is 3.14. The van der Waals surface area contributed by atoms with Gasteiger partial charge < -0.3 is 19.3 Å². The van der Waals surface area contributed by atoms with Crippen molar-refractivity contribution in [3.63, 3.8) is 0 Å². The van der Waals surface area contributed by atoms with Crippen LogP contribution in [0, 0.1) is 13.8 Å². The van der Waals surface area contributed by atoms with Crippen molar-refractivity contribution < 1.29 is 18.8 Å². The van der Waals surface area contributed by atoms with Crippen molar-refractivity contribution >= 4 is 11.6 Å². The van der Waals surface area contributed by atoms with Crippen LogP contribution < -0.4 is 14.8 Å². The van der Waals surface area contributed by atoms with Crippen LogP contribution in [0.25, 0.3) is 11.3 Å². The molecule has 0 bridgehead atoms. The molecule has 0 aliphatic heterocycles. The van der Waals surface area contributed by atoms with Crippen LogP contribution in [-0.4, -0.2) is 25.3 Å². The molecule has 3 aromatic rings. The number of rotatable bonds is 5. The van der Waals surface area contributed by atoms with Gasteiger partial charge in [-0.05, 0) is 55.3 Å². The first kappa shape index (κ1) is 17.5. The Labute approximate surface area is 151 Å². The smallest absolute Gasteiger partial charge is 0.277 e. The van der Waals surface area contributed by atoms with E-state index < -0.39 is 0 Å². The van der Waals surface area contributed by atoms with Crippen LogP contribution in [0.5, 0.6) is 11.5 Å². The molecule has 0 aliphatic carbocycles. The zero-order valence-corrected chi connectivity index (χ0v) is 15.1. The molecule has 6 nitrogen and oxygen atoms in total. The van der Waals surface area contributed by atoms with Gasteiger partial charge in [-0.25, -0.2) is 0 Å². The molecule has 0 saturated carbocycles. The second-order valence-electron chi connectivity index (χ2n) is 5.90. The molecule has 26 heavy (non-hydrogen) atoms. The number of carbonyl (C=O) groups is 1. The summed E-state index contributed by atoms with van der Waals surface area (Å²) in [6.45, 7) is 4.01. The summed E-state index contributed by atoms with van der Waals surface area (Å²) in [4.78, 5) is 12.4. The molecule has 1 N–H and O–H groups in total. The van der Waals surface area contributed by atoms with E-state index in [9.17, 15) is 4.79 Å². The quantitative estimate of drug-likeness (QED) is 0.744. The predicted octanol–water partition coefficient (Wildman–Crippen LogP) is 4.23. The molecule has 1 amide bonds. The Morgan fingerprint density at radius 2 is 1.81 bits per heavy atom. The number of aryl methyl sites for hydroxylation is 2. The van der Waals surface area contributed by atoms with Crippen molar-refractivity contribution in [2.45, 2.75) is 13.8 Å².